The first-order valence-electron chi connectivity index (χ1n) is 4.94. The van der Waals surface area contributed by atoms with Gasteiger partial charge < -0.3 is 4.90 Å². The summed E-state index contributed by atoms with van der Waals surface area (Å²) in [4.78, 5) is 35.5. The second-order valence-electron chi connectivity index (χ2n) is 3.64. The number of amides is 3. The number of carbonyl (C=O) groups excluding carboxylic acids is 3. The average Bonchev–Trinajstić information content (AvgIpc) is 2.26. The van der Waals surface area contributed by atoms with E-state index in [0.717, 1.165) is 4.47 Å². The molecule has 17 heavy (non-hydrogen) atoms. The number of nitrogens with one attached hydrogen (secondary N) is 1. The second-order valence-corrected chi connectivity index (χ2v) is 4.56. The van der Waals surface area contributed by atoms with Gasteiger partial charge in [0.25, 0.3) is 5.91 Å². The lowest BCUT2D eigenvalue weighted by Crippen LogP contribution is -2.53. The molecule has 1 aliphatic heterocycles. The third kappa shape index (κ3) is 2.71. The molecule has 6 heteroatoms. The molecule has 1 aromatic carbocycles. The Bertz CT molecular complexity index is 485. The standard InChI is InChI=1S/C11H9BrN2O3/c12-8-3-1-2-7(4-8)11(17)14-5-9(15)13-10(16)6-14/h1-4H,5-6H2,(H,13,15,16). The number of hydrogen-bond acceptors (Lipinski definition) is 3. The third-order valence-electron chi connectivity index (χ3n) is 2.31. The normalized spacial score (nSPS) is 15.7. The van der Waals surface area contributed by atoms with Crippen molar-refractivity contribution in [3.8, 4) is 0 Å². The van der Waals surface area contributed by atoms with Gasteiger partial charge in [-0.2, -0.15) is 0 Å². The minimum atomic E-state index is -0.454. The molecule has 1 aromatic rings. The Morgan fingerprint density at radius 1 is 1.24 bits per heavy atom. The fourth-order valence-corrected chi connectivity index (χ4v) is 1.98. The molecule has 1 saturated heterocycles. The molecule has 0 radical (unpaired) electrons. The van der Waals surface area contributed by atoms with Gasteiger partial charge in [-0.15, -0.1) is 0 Å². The van der Waals surface area contributed by atoms with Crippen molar-refractivity contribution in [3.63, 3.8) is 0 Å². The molecular formula is C11H9BrN2O3. The van der Waals surface area contributed by atoms with Gasteiger partial charge in [-0.3, -0.25) is 19.7 Å². The van der Waals surface area contributed by atoms with Gasteiger partial charge in [-0.1, -0.05) is 22.0 Å². The number of carbonyl (C=O) groups is 3. The largest absolute Gasteiger partial charge is 0.320 e. The SMILES string of the molecule is O=C1CN(C(=O)c2cccc(Br)c2)CC(=O)N1. The molecule has 0 unspecified atom stereocenters. The summed E-state index contributed by atoms with van der Waals surface area (Å²) in [7, 11) is 0. The highest BCUT2D eigenvalue weighted by Gasteiger charge is 2.26. The third-order valence-corrected chi connectivity index (χ3v) is 2.80. The van der Waals surface area contributed by atoms with Crippen LogP contribution in [0.2, 0.25) is 0 Å². The van der Waals surface area contributed by atoms with E-state index in [2.05, 4.69) is 21.2 Å². The van der Waals surface area contributed by atoms with E-state index in [1.165, 1.54) is 4.90 Å². The first-order chi connectivity index (χ1) is 8.06. The molecule has 3 amide bonds. The van der Waals surface area contributed by atoms with Crippen LogP contribution in [0.25, 0.3) is 0 Å². The number of nitrogens with zero attached hydrogens (tertiary/aromatic N) is 1. The van der Waals surface area contributed by atoms with Gasteiger partial charge in [0, 0.05) is 10.0 Å². The average molecular weight is 297 g/mol. The fraction of sp³-hybridized carbons (Fsp3) is 0.182. The molecule has 0 spiro atoms. The lowest BCUT2D eigenvalue weighted by molar-refractivity contribution is -0.135. The van der Waals surface area contributed by atoms with Gasteiger partial charge >= 0.3 is 0 Å². The van der Waals surface area contributed by atoms with Crippen molar-refractivity contribution < 1.29 is 14.4 Å². The Morgan fingerprint density at radius 2 is 1.88 bits per heavy atom. The predicted octanol–water partition coefficient (Wildman–Crippen LogP) is 0.548. The molecule has 0 aromatic heterocycles. The zero-order chi connectivity index (χ0) is 12.4. The maximum Gasteiger partial charge on any atom is 0.254 e. The quantitative estimate of drug-likeness (QED) is 0.770. The number of halogens is 1. The summed E-state index contributed by atoms with van der Waals surface area (Å²) in [6.07, 6.45) is 0. The molecule has 0 aliphatic carbocycles. The van der Waals surface area contributed by atoms with Crippen LogP contribution >= 0.6 is 15.9 Å². The highest BCUT2D eigenvalue weighted by Crippen LogP contribution is 2.14. The Balaban J connectivity index is 2.20. The minimum Gasteiger partial charge on any atom is -0.320 e. The molecule has 1 aliphatic rings. The lowest BCUT2D eigenvalue weighted by Gasteiger charge is -2.25. The van der Waals surface area contributed by atoms with Crippen LogP contribution in [0.3, 0.4) is 0 Å². The van der Waals surface area contributed by atoms with Gasteiger partial charge in [0.05, 0.1) is 0 Å². The van der Waals surface area contributed by atoms with Crippen molar-refractivity contribution in [1.82, 2.24) is 10.2 Å². The molecule has 88 valence electrons. The second kappa shape index (κ2) is 4.67. The smallest absolute Gasteiger partial charge is 0.254 e. The van der Waals surface area contributed by atoms with Gasteiger partial charge in [-0.05, 0) is 18.2 Å². The monoisotopic (exact) mass is 296 g/mol. The molecule has 5 nitrogen and oxygen atoms in total. The van der Waals surface area contributed by atoms with E-state index in [1.54, 1.807) is 24.3 Å². The van der Waals surface area contributed by atoms with Crippen LogP contribution in [-0.4, -0.2) is 35.7 Å². The highest BCUT2D eigenvalue weighted by atomic mass is 79.9. The summed E-state index contributed by atoms with van der Waals surface area (Å²) in [6.45, 7) is -0.172. The van der Waals surface area contributed by atoms with Crippen molar-refractivity contribution in [2.24, 2.45) is 0 Å². The van der Waals surface area contributed by atoms with Crippen LogP contribution in [0.1, 0.15) is 10.4 Å². The Morgan fingerprint density at radius 3 is 2.47 bits per heavy atom. The lowest BCUT2D eigenvalue weighted by atomic mass is 10.2. The maximum absolute atomic E-state index is 12.0. The van der Waals surface area contributed by atoms with Crippen molar-refractivity contribution in [1.29, 1.82) is 0 Å². The van der Waals surface area contributed by atoms with Crippen LogP contribution in [0, 0.1) is 0 Å². The predicted molar refractivity (Wildman–Crippen MR) is 63.2 cm³/mol. The number of hydrogen-bond donors (Lipinski definition) is 1. The molecule has 0 atom stereocenters. The minimum absolute atomic E-state index is 0.0862. The summed E-state index contributed by atoms with van der Waals surface area (Å²) < 4.78 is 0.774. The molecule has 1 fully saturated rings. The highest BCUT2D eigenvalue weighted by molar-refractivity contribution is 9.10. The summed E-state index contributed by atoms with van der Waals surface area (Å²) in [5.74, 6) is -1.23. The summed E-state index contributed by atoms with van der Waals surface area (Å²) in [5, 5.41) is 2.15. The first-order valence-corrected chi connectivity index (χ1v) is 5.73. The van der Waals surface area contributed by atoms with Gasteiger partial charge in [0.2, 0.25) is 11.8 Å². The number of piperazine rings is 1. The topological polar surface area (TPSA) is 66.5 Å². The van der Waals surface area contributed by atoms with E-state index in [-0.39, 0.29) is 19.0 Å². The zero-order valence-electron chi connectivity index (χ0n) is 8.77. The molecule has 0 bridgehead atoms. The van der Waals surface area contributed by atoms with E-state index < -0.39 is 11.8 Å². The van der Waals surface area contributed by atoms with Crippen molar-refractivity contribution in [2.45, 2.75) is 0 Å². The molecule has 0 saturated carbocycles. The number of rotatable bonds is 1. The number of benzene rings is 1. The van der Waals surface area contributed by atoms with Crippen LogP contribution in [0.15, 0.2) is 28.7 Å². The van der Waals surface area contributed by atoms with E-state index in [1.807, 2.05) is 0 Å². The Kier molecular flexibility index (Phi) is 3.23. The van der Waals surface area contributed by atoms with Crippen LogP contribution in [0.5, 0.6) is 0 Å². The van der Waals surface area contributed by atoms with Crippen molar-refractivity contribution in [3.05, 3.63) is 34.3 Å². The maximum atomic E-state index is 12.0. The van der Waals surface area contributed by atoms with Gasteiger partial charge in [-0.25, -0.2) is 0 Å². The van der Waals surface area contributed by atoms with E-state index >= 15 is 0 Å². The van der Waals surface area contributed by atoms with Crippen molar-refractivity contribution >= 4 is 33.7 Å². The summed E-state index contributed by atoms with van der Waals surface area (Å²) in [6, 6.07) is 6.82. The first kappa shape index (κ1) is 11.8. The van der Waals surface area contributed by atoms with E-state index in [4.69, 9.17) is 0 Å². The van der Waals surface area contributed by atoms with Gasteiger partial charge in [0.15, 0.2) is 0 Å². The zero-order valence-corrected chi connectivity index (χ0v) is 10.4. The Labute approximate surface area is 106 Å². The molecule has 1 heterocycles. The molecule has 1 N–H and O–H groups in total. The fourth-order valence-electron chi connectivity index (χ4n) is 1.58. The van der Waals surface area contributed by atoms with Gasteiger partial charge in [0.1, 0.15) is 13.1 Å². The number of imide groups is 1. The van der Waals surface area contributed by atoms with E-state index in [9.17, 15) is 14.4 Å². The van der Waals surface area contributed by atoms with Crippen LogP contribution < -0.4 is 5.32 Å². The van der Waals surface area contributed by atoms with E-state index in [0.29, 0.717) is 5.56 Å². The molecular weight excluding hydrogens is 288 g/mol. The van der Waals surface area contributed by atoms with Crippen LogP contribution in [0.4, 0.5) is 0 Å². The summed E-state index contributed by atoms with van der Waals surface area (Å²) in [5.41, 5.74) is 0.446. The van der Waals surface area contributed by atoms with Crippen molar-refractivity contribution in [2.75, 3.05) is 13.1 Å². The molecule has 2 rings (SSSR count). The Hall–Kier alpha value is -1.69. The summed E-state index contributed by atoms with van der Waals surface area (Å²) >= 11 is 3.26. The van der Waals surface area contributed by atoms with Crippen LogP contribution in [-0.2, 0) is 9.59 Å².